The Balaban J connectivity index is 3.27. The normalized spacial score (nSPS) is 13.1. The third kappa shape index (κ3) is 4.78. The molecule has 0 aromatic heterocycles. The second kappa shape index (κ2) is 5.11. The van der Waals surface area contributed by atoms with Crippen LogP contribution in [0.4, 0.5) is 0 Å². The Hall–Kier alpha value is 0.299. The zero-order valence-electron chi connectivity index (χ0n) is 5.03. The molecule has 0 aromatic rings. The fourth-order valence-electron chi connectivity index (χ4n) is 0.213. The number of carboxylic acids is 1. The predicted molar refractivity (Wildman–Crippen MR) is 39.7 cm³/mol. The van der Waals surface area contributed by atoms with E-state index < -0.39 is 12.0 Å². The van der Waals surface area contributed by atoms with E-state index in [1.165, 1.54) is 0 Å². The van der Waals surface area contributed by atoms with Gasteiger partial charge in [-0.05, 0) is 0 Å². The van der Waals surface area contributed by atoms with Crippen molar-refractivity contribution in [2.24, 2.45) is 5.73 Å². The van der Waals surface area contributed by atoms with Gasteiger partial charge in [-0.1, -0.05) is 0 Å². The van der Waals surface area contributed by atoms with Gasteiger partial charge in [0.05, 0.1) is 0 Å². The van der Waals surface area contributed by atoms with Crippen molar-refractivity contribution in [2.45, 2.75) is 11.9 Å². The summed E-state index contributed by atoms with van der Waals surface area (Å²) < 4.78 is 0. The monoisotopic (exact) mass is 215 g/mol. The summed E-state index contributed by atoms with van der Waals surface area (Å²) in [5.41, 5.74) is 5.19. The first kappa shape index (κ1) is 9.30. The number of hydrogen-bond acceptors (Lipinski definition) is 3. The summed E-state index contributed by atoms with van der Waals surface area (Å²) in [5.74, 6) is 1.66. The number of carboxylic acid groups (broad SMARTS) is 1. The molecule has 54 valence electrons. The molecule has 5 heteroatoms. The minimum absolute atomic E-state index is 0.465. The first-order chi connectivity index (χ1) is 4.18. The van der Waals surface area contributed by atoms with Gasteiger partial charge >= 0.3 is 63.2 Å². The second-order valence-corrected chi connectivity index (χ2v) is 5.88. The van der Waals surface area contributed by atoms with E-state index in [0.29, 0.717) is 19.6 Å². The molecule has 0 aliphatic rings. The Morgan fingerprint density at radius 2 is 2.56 bits per heavy atom. The fraction of sp³-hybridized carbons (Fsp3) is 0.750. The molecule has 0 fully saturated rings. The first-order valence-corrected chi connectivity index (χ1v) is 7.04. The van der Waals surface area contributed by atoms with Crippen LogP contribution >= 0.6 is 10.2 Å². The van der Waals surface area contributed by atoms with Gasteiger partial charge in [0.2, 0.25) is 0 Å². The molecule has 3 N–H and O–H groups in total. The van der Waals surface area contributed by atoms with Gasteiger partial charge in [-0.2, -0.15) is 0 Å². The Labute approximate surface area is 63.6 Å². The maximum atomic E-state index is 10.1. The Bertz CT molecular complexity index is 101. The van der Waals surface area contributed by atoms with E-state index in [0.717, 1.165) is 0 Å². The van der Waals surface area contributed by atoms with Crippen molar-refractivity contribution < 1.29 is 9.90 Å². The van der Waals surface area contributed by atoms with Crippen molar-refractivity contribution >= 4 is 30.0 Å². The van der Waals surface area contributed by atoms with Crippen LogP contribution in [-0.4, -0.2) is 36.7 Å². The van der Waals surface area contributed by atoms with Crippen molar-refractivity contribution in [2.75, 3.05) is 5.75 Å². The molecule has 1 unspecified atom stereocenters. The maximum absolute atomic E-state index is 10.1. The molecule has 3 nitrogen and oxygen atoms in total. The molecule has 0 heterocycles. The second-order valence-electron chi connectivity index (χ2n) is 1.40. The number of aliphatic carboxylic acids is 1. The molecule has 0 bridgehead atoms. The molecule has 0 radical (unpaired) electrons. The van der Waals surface area contributed by atoms with Crippen molar-refractivity contribution in [3.8, 4) is 0 Å². The van der Waals surface area contributed by atoms with E-state index in [-0.39, 0.29) is 0 Å². The van der Waals surface area contributed by atoms with Crippen molar-refractivity contribution in [1.29, 1.82) is 0 Å². The molecule has 0 spiro atoms. The molecule has 0 saturated carbocycles. The molecule has 0 aromatic carbocycles. The summed E-state index contributed by atoms with van der Waals surface area (Å²) in [6, 6.07) is -0.683. The average Bonchev–Trinajstić information content (AvgIpc) is 1.82. The molecular weight excluding hydrogens is 205 g/mol. The first-order valence-electron chi connectivity index (χ1n) is 2.32. The Morgan fingerprint density at radius 1 is 2.00 bits per heavy atom. The number of nitrogens with two attached hydrogens (primary N) is 1. The third-order valence-corrected chi connectivity index (χ3v) is 3.75. The Morgan fingerprint density at radius 3 is 2.89 bits per heavy atom. The number of hydrogen-bond donors (Lipinski definition) is 2. The zero-order valence-corrected chi connectivity index (χ0v) is 7.56. The third-order valence-electron chi connectivity index (χ3n) is 0.683. The summed E-state index contributed by atoms with van der Waals surface area (Å²) in [4.78, 5) is 10.1. The van der Waals surface area contributed by atoms with Crippen LogP contribution < -0.4 is 5.73 Å². The quantitative estimate of drug-likeness (QED) is 0.636. The van der Waals surface area contributed by atoms with Crippen LogP contribution in [0, 0.1) is 0 Å². The van der Waals surface area contributed by atoms with Gasteiger partial charge < -0.3 is 0 Å². The van der Waals surface area contributed by atoms with E-state index in [9.17, 15) is 4.79 Å². The minimum atomic E-state index is -0.910. The summed E-state index contributed by atoms with van der Waals surface area (Å²) in [7, 11) is 1.60. The SMILES string of the molecule is C[Se]SCC(N)C(=O)O. The number of rotatable bonds is 4. The van der Waals surface area contributed by atoms with E-state index in [4.69, 9.17) is 10.8 Å². The summed E-state index contributed by atoms with van der Waals surface area (Å²) in [6.45, 7) is 0. The van der Waals surface area contributed by atoms with E-state index in [1.807, 2.05) is 5.82 Å². The standard InChI is InChI=1S/C4H9NO2SSe/c1-9-8-2-3(5)4(6)7/h3H,2,5H2,1H3,(H,6,7). The van der Waals surface area contributed by atoms with Crippen molar-refractivity contribution in [3.63, 3.8) is 0 Å². The molecule has 0 aliphatic carbocycles. The van der Waals surface area contributed by atoms with Crippen LogP contribution in [-0.2, 0) is 4.79 Å². The van der Waals surface area contributed by atoms with E-state index in [1.54, 1.807) is 10.2 Å². The molecule has 0 rings (SSSR count). The molecule has 0 saturated heterocycles. The summed E-state index contributed by atoms with van der Waals surface area (Å²) >= 11 is 0.465. The molecular formula is C4H9NO2SSe. The number of carbonyl (C=O) groups is 1. The summed E-state index contributed by atoms with van der Waals surface area (Å²) in [5, 5.41) is 8.28. The van der Waals surface area contributed by atoms with Gasteiger partial charge in [0, 0.05) is 0 Å². The van der Waals surface area contributed by atoms with Crippen LogP contribution in [0.1, 0.15) is 0 Å². The molecule has 9 heavy (non-hydrogen) atoms. The summed E-state index contributed by atoms with van der Waals surface area (Å²) in [6.07, 6.45) is 0. The van der Waals surface area contributed by atoms with Crippen LogP contribution in [0.3, 0.4) is 0 Å². The molecule has 1 atom stereocenters. The van der Waals surface area contributed by atoms with Gasteiger partial charge in [0.1, 0.15) is 0 Å². The van der Waals surface area contributed by atoms with E-state index >= 15 is 0 Å². The van der Waals surface area contributed by atoms with Gasteiger partial charge in [-0.3, -0.25) is 0 Å². The van der Waals surface area contributed by atoms with Crippen molar-refractivity contribution in [1.82, 2.24) is 0 Å². The fourth-order valence-corrected chi connectivity index (χ4v) is 2.42. The average molecular weight is 214 g/mol. The van der Waals surface area contributed by atoms with Crippen LogP contribution in [0.15, 0.2) is 0 Å². The van der Waals surface area contributed by atoms with Crippen molar-refractivity contribution in [3.05, 3.63) is 0 Å². The topological polar surface area (TPSA) is 63.3 Å². The van der Waals surface area contributed by atoms with Crippen LogP contribution in [0.2, 0.25) is 5.82 Å². The predicted octanol–water partition coefficient (Wildman–Crippen LogP) is -0.201. The Kier molecular flexibility index (Phi) is 5.28. The van der Waals surface area contributed by atoms with Crippen LogP contribution in [0.25, 0.3) is 0 Å². The van der Waals surface area contributed by atoms with Gasteiger partial charge in [0.15, 0.2) is 0 Å². The molecule has 0 aliphatic heterocycles. The van der Waals surface area contributed by atoms with Gasteiger partial charge in [0.25, 0.3) is 0 Å². The van der Waals surface area contributed by atoms with Gasteiger partial charge in [-0.15, -0.1) is 0 Å². The zero-order chi connectivity index (χ0) is 7.28. The van der Waals surface area contributed by atoms with Gasteiger partial charge in [-0.25, -0.2) is 0 Å². The van der Waals surface area contributed by atoms with Crippen LogP contribution in [0.5, 0.6) is 0 Å². The van der Waals surface area contributed by atoms with E-state index in [2.05, 4.69) is 0 Å². The molecule has 0 amide bonds.